The normalized spacial score (nSPS) is 14.8. The molecule has 0 bridgehead atoms. The van der Waals surface area contributed by atoms with Crippen LogP contribution in [-0.2, 0) is 4.79 Å². The number of nitrogens with one attached hydrogen (secondary N) is 1. The molecule has 1 fully saturated rings. The number of para-hydroxylation sites is 1. The Morgan fingerprint density at radius 2 is 1.77 bits per heavy atom. The molecule has 2 heterocycles. The van der Waals surface area contributed by atoms with E-state index in [0.29, 0.717) is 31.6 Å². The summed E-state index contributed by atoms with van der Waals surface area (Å²) in [5, 5.41) is 19.5. The van der Waals surface area contributed by atoms with Gasteiger partial charge in [-0.2, -0.15) is 0 Å². The third-order valence-corrected chi connectivity index (χ3v) is 5.11. The number of rotatable bonds is 5. The quantitative estimate of drug-likeness (QED) is 0.829. The van der Waals surface area contributed by atoms with Crippen molar-refractivity contribution in [2.24, 2.45) is 5.92 Å². The molecular weight excluding hydrogens is 356 g/mol. The van der Waals surface area contributed by atoms with E-state index < -0.39 is 11.9 Å². The fraction of sp³-hybridized carbons (Fsp3) is 0.353. The van der Waals surface area contributed by atoms with E-state index in [1.165, 1.54) is 0 Å². The Hall–Kier alpha value is -2.81. The molecule has 0 saturated carbocycles. The molecule has 1 aliphatic rings. The molecule has 2 amide bonds. The van der Waals surface area contributed by atoms with Crippen LogP contribution >= 0.6 is 11.3 Å². The van der Waals surface area contributed by atoms with Gasteiger partial charge in [0.05, 0.1) is 0 Å². The fourth-order valence-corrected chi connectivity index (χ4v) is 3.54. The minimum atomic E-state index is -0.812. The lowest BCUT2D eigenvalue weighted by Crippen LogP contribution is -2.38. The first kappa shape index (κ1) is 18.0. The van der Waals surface area contributed by atoms with E-state index in [-0.39, 0.29) is 28.3 Å². The molecule has 0 spiro atoms. The molecule has 1 aliphatic heterocycles. The number of hydrogen-bond acceptors (Lipinski definition) is 6. The van der Waals surface area contributed by atoms with Crippen LogP contribution in [0.4, 0.5) is 5.69 Å². The summed E-state index contributed by atoms with van der Waals surface area (Å²) >= 11 is 0.954. The molecule has 1 aromatic heterocycles. The number of anilines is 1. The standard InChI is InChI=1S/C17H18N4O4S/c22-13(23)10-11-6-8-21(9-7-11)17(25)16-20-19-15(26-16)14(24)18-12-4-2-1-3-5-12/h1-5,11H,6-10H2,(H,18,24)(H,22,23). The summed E-state index contributed by atoms with van der Waals surface area (Å²) in [6.45, 7) is 0.976. The van der Waals surface area contributed by atoms with Gasteiger partial charge in [-0.15, -0.1) is 10.2 Å². The first-order valence-electron chi connectivity index (χ1n) is 8.24. The monoisotopic (exact) mass is 374 g/mol. The number of carboxylic acids is 1. The molecule has 136 valence electrons. The molecule has 0 unspecified atom stereocenters. The third-order valence-electron chi connectivity index (χ3n) is 4.20. The minimum Gasteiger partial charge on any atom is -0.481 e. The van der Waals surface area contributed by atoms with Crippen LogP contribution in [-0.4, -0.2) is 51.1 Å². The number of carbonyl (C=O) groups is 3. The first-order valence-corrected chi connectivity index (χ1v) is 9.05. The summed E-state index contributed by atoms with van der Waals surface area (Å²) in [7, 11) is 0. The van der Waals surface area contributed by atoms with Crippen molar-refractivity contribution < 1.29 is 19.5 Å². The predicted octanol–water partition coefficient (Wildman–Crippen LogP) is 2.12. The van der Waals surface area contributed by atoms with Gasteiger partial charge >= 0.3 is 5.97 Å². The van der Waals surface area contributed by atoms with Gasteiger partial charge in [0.2, 0.25) is 10.0 Å². The largest absolute Gasteiger partial charge is 0.481 e. The number of likely N-dealkylation sites (tertiary alicyclic amines) is 1. The number of carboxylic acid groups (broad SMARTS) is 1. The number of piperidine rings is 1. The van der Waals surface area contributed by atoms with E-state index in [1.807, 2.05) is 6.07 Å². The van der Waals surface area contributed by atoms with Crippen molar-refractivity contribution in [3.8, 4) is 0 Å². The molecule has 3 rings (SSSR count). The van der Waals surface area contributed by atoms with Gasteiger partial charge in [0.1, 0.15) is 0 Å². The molecule has 1 saturated heterocycles. The predicted molar refractivity (Wildman–Crippen MR) is 95.2 cm³/mol. The lowest BCUT2D eigenvalue weighted by atomic mass is 9.93. The average Bonchev–Trinajstić information content (AvgIpc) is 3.12. The van der Waals surface area contributed by atoms with Gasteiger partial charge in [-0.3, -0.25) is 14.4 Å². The molecule has 1 aromatic carbocycles. The van der Waals surface area contributed by atoms with Crippen molar-refractivity contribution >= 4 is 34.8 Å². The zero-order valence-electron chi connectivity index (χ0n) is 13.9. The highest BCUT2D eigenvalue weighted by molar-refractivity contribution is 7.15. The molecule has 0 atom stereocenters. The van der Waals surface area contributed by atoms with E-state index in [0.717, 1.165) is 11.3 Å². The number of aromatic nitrogens is 2. The fourth-order valence-electron chi connectivity index (χ4n) is 2.83. The van der Waals surface area contributed by atoms with Crippen molar-refractivity contribution in [1.82, 2.24) is 15.1 Å². The molecule has 0 aliphatic carbocycles. The lowest BCUT2D eigenvalue weighted by molar-refractivity contribution is -0.138. The molecule has 2 N–H and O–H groups in total. The van der Waals surface area contributed by atoms with Crippen LogP contribution in [0.1, 0.15) is 38.9 Å². The van der Waals surface area contributed by atoms with Gasteiger partial charge in [0.25, 0.3) is 11.8 Å². The van der Waals surface area contributed by atoms with Crippen molar-refractivity contribution in [3.05, 3.63) is 40.3 Å². The highest BCUT2D eigenvalue weighted by atomic mass is 32.1. The van der Waals surface area contributed by atoms with Crippen LogP contribution in [0.25, 0.3) is 0 Å². The molecular formula is C17H18N4O4S. The van der Waals surface area contributed by atoms with E-state index in [9.17, 15) is 14.4 Å². The molecule has 26 heavy (non-hydrogen) atoms. The summed E-state index contributed by atoms with van der Waals surface area (Å²) < 4.78 is 0. The highest BCUT2D eigenvalue weighted by Gasteiger charge is 2.27. The smallest absolute Gasteiger partial charge is 0.303 e. The first-order chi connectivity index (χ1) is 12.5. The zero-order valence-corrected chi connectivity index (χ0v) is 14.7. The van der Waals surface area contributed by atoms with Gasteiger partial charge in [0.15, 0.2) is 0 Å². The van der Waals surface area contributed by atoms with Crippen LogP contribution in [0, 0.1) is 5.92 Å². The lowest BCUT2D eigenvalue weighted by Gasteiger charge is -2.30. The number of hydrogen-bond donors (Lipinski definition) is 2. The Labute approximate surface area is 153 Å². The summed E-state index contributed by atoms with van der Waals surface area (Å²) in [5.41, 5.74) is 0.640. The van der Waals surface area contributed by atoms with Gasteiger partial charge in [-0.05, 0) is 30.9 Å². The van der Waals surface area contributed by atoms with Crippen molar-refractivity contribution in [2.75, 3.05) is 18.4 Å². The number of amides is 2. The SMILES string of the molecule is O=C(O)CC1CCN(C(=O)c2nnc(C(=O)Nc3ccccc3)s2)CC1. The summed E-state index contributed by atoms with van der Waals surface area (Å²) in [6, 6.07) is 8.97. The average molecular weight is 374 g/mol. The molecule has 2 aromatic rings. The van der Waals surface area contributed by atoms with E-state index in [1.54, 1.807) is 29.2 Å². The van der Waals surface area contributed by atoms with Gasteiger partial charge in [0, 0.05) is 25.2 Å². The van der Waals surface area contributed by atoms with E-state index >= 15 is 0 Å². The zero-order chi connectivity index (χ0) is 18.5. The van der Waals surface area contributed by atoms with Crippen LogP contribution in [0.3, 0.4) is 0 Å². The maximum atomic E-state index is 12.5. The molecule has 0 radical (unpaired) electrons. The highest BCUT2D eigenvalue weighted by Crippen LogP contribution is 2.23. The van der Waals surface area contributed by atoms with Gasteiger partial charge in [-0.1, -0.05) is 29.5 Å². The van der Waals surface area contributed by atoms with E-state index in [4.69, 9.17) is 5.11 Å². The summed E-state index contributed by atoms with van der Waals surface area (Å²) in [5.74, 6) is -1.39. The Kier molecular flexibility index (Phi) is 5.57. The maximum absolute atomic E-state index is 12.5. The van der Waals surface area contributed by atoms with Crippen molar-refractivity contribution in [2.45, 2.75) is 19.3 Å². The summed E-state index contributed by atoms with van der Waals surface area (Å²) in [6.07, 6.45) is 1.43. The number of nitrogens with zero attached hydrogens (tertiary/aromatic N) is 3. The number of benzene rings is 1. The van der Waals surface area contributed by atoms with Crippen LogP contribution < -0.4 is 5.32 Å². The number of aliphatic carboxylic acids is 1. The molecule has 9 heteroatoms. The van der Waals surface area contributed by atoms with Crippen LogP contribution in [0.2, 0.25) is 0 Å². The van der Waals surface area contributed by atoms with Crippen molar-refractivity contribution in [1.29, 1.82) is 0 Å². The Bertz CT molecular complexity index is 800. The van der Waals surface area contributed by atoms with Crippen LogP contribution in [0.5, 0.6) is 0 Å². The van der Waals surface area contributed by atoms with Crippen LogP contribution in [0.15, 0.2) is 30.3 Å². The van der Waals surface area contributed by atoms with E-state index in [2.05, 4.69) is 15.5 Å². The second kappa shape index (κ2) is 8.05. The molecule has 8 nitrogen and oxygen atoms in total. The Morgan fingerprint density at radius 1 is 1.12 bits per heavy atom. The van der Waals surface area contributed by atoms with Crippen molar-refractivity contribution in [3.63, 3.8) is 0 Å². The Balaban J connectivity index is 1.58. The van der Waals surface area contributed by atoms with Gasteiger partial charge in [-0.25, -0.2) is 0 Å². The number of carbonyl (C=O) groups excluding carboxylic acids is 2. The topological polar surface area (TPSA) is 112 Å². The third kappa shape index (κ3) is 4.42. The van der Waals surface area contributed by atoms with Gasteiger partial charge < -0.3 is 15.3 Å². The second-order valence-corrected chi connectivity index (χ2v) is 7.04. The Morgan fingerprint density at radius 3 is 2.42 bits per heavy atom. The minimum absolute atomic E-state index is 0.0955. The second-order valence-electron chi connectivity index (χ2n) is 6.07. The summed E-state index contributed by atoms with van der Waals surface area (Å²) in [4.78, 5) is 37.1. The maximum Gasteiger partial charge on any atom is 0.303 e.